The molecule has 0 amide bonds. The number of hydrogen-bond donors (Lipinski definition) is 0. The molecular weight excluding hydrogens is 156 g/mol. The largest absolute Gasteiger partial charge is 0.0911 e. The Hall–Kier alpha value is -1.56. The average Bonchev–Trinajstić information content (AvgIpc) is 2.17. The summed E-state index contributed by atoms with van der Waals surface area (Å²) in [5.41, 5.74) is 0. The predicted molar refractivity (Wildman–Crippen MR) is 58.9 cm³/mol. The van der Waals surface area contributed by atoms with E-state index in [1.54, 1.807) is 0 Å². The van der Waals surface area contributed by atoms with Crippen LogP contribution in [0.3, 0.4) is 0 Å². The van der Waals surface area contributed by atoms with Crippen LogP contribution < -0.4 is 10.4 Å². The SMILES string of the molecule is C=c1cc2ccccc2c/c1=C/C. The van der Waals surface area contributed by atoms with Gasteiger partial charge in [0.2, 0.25) is 0 Å². The first kappa shape index (κ1) is 8.06. The number of fused-ring (bicyclic) bond motifs is 1. The van der Waals surface area contributed by atoms with Crippen molar-refractivity contribution in [3.8, 4) is 0 Å². The van der Waals surface area contributed by atoms with Crippen molar-refractivity contribution in [3.05, 3.63) is 46.8 Å². The third kappa shape index (κ3) is 1.35. The van der Waals surface area contributed by atoms with Crippen LogP contribution in [0.25, 0.3) is 23.4 Å². The molecule has 2 aromatic carbocycles. The van der Waals surface area contributed by atoms with E-state index in [0.717, 1.165) is 5.22 Å². The standard InChI is InChI=1S/C13H12/c1-3-11-9-13-7-5-4-6-12(13)8-10(11)2/h3-9H,2H2,1H3/b11-3-. The van der Waals surface area contributed by atoms with E-state index in [9.17, 15) is 0 Å². The molecule has 2 rings (SSSR count). The van der Waals surface area contributed by atoms with Crippen molar-refractivity contribution < 1.29 is 0 Å². The van der Waals surface area contributed by atoms with Crippen LogP contribution in [-0.4, -0.2) is 0 Å². The van der Waals surface area contributed by atoms with Crippen LogP contribution in [-0.2, 0) is 0 Å². The molecule has 0 aliphatic carbocycles. The molecule has 0 aliphatic heterocycles. The molecule has 0 saturated heterocycles. The Morgan fingerprint density at radius 2 is 1.69 bits per heavy atom. The highest BCUT2D eigenvalue weighted by molar-refractivity contribution is 5.82. The Morgan fingerprint density at radius 1 is 1.08 bits per heavy atom. The van der Waals surface area contributed by atoms with Crippen LogP contribution in [0.5, 0.6) is 0 Å². The van der Waals surface area contributed by atoms with Gasteiger partial charge < -0.3 is 0 Å². The van der Waals surface area contributed by atoms with Crippen molar-refractivity contribution in [3.63, 3.8) is 0 Å². The second kappa shape index (κ2) is 3.06. The van der Waals surface area contributed by atoms with Crippen molar-refractivity contribution in [2.75, 3.05) is 0 Å². The molecule has 0 N–H and O–H groups in total. The molecule has 0 fully saturated rings. The third-order valence-corrected chi connectivity index (χ3v) is 2.32. The van der Waals surface area contributed by atoms with Crippen molar-refractivity contribution in [2.45, 2.75) is 6.92 Å². The second-order valence-corrected chi connectivity index (χ2v) is 3.19. The van der Waals surface area contributed by atoms with Gasteiger partial charge in [-0.25, -0.2) is 0 Å². The highest BCUT2D eigenvalue weighted by Crippen LogP contribution is 2.07. The Morgan fingerprint density at radius 3 is 2.31 bits per heavy atom. The van der Waals surface area contributed by atoms with E-state index in [1.165, 1.54) is 16.0 Å². The van der Waals surface area contributed by atoms with Crippen LogP contribution >= 0.6 is 0 Å². The fourth-order valence-corrected chi connectivity index (χ4v) is 1.57. The van der Waals surface area contributed by atoms with Crippen LogP contribution in [0.1, 0.15) is 6.92 Å². The van der Waals surface area contributed by atoms with Gasteiger partial charge in [0.15, 0.2) is 0 Å². The molecule has 0 nitrogen and oxygen atoms in total. The normalized spacial score (nSPS) is 12.2. The summed E-state index contributed by atoms with van der Waals surface area (Å²) >= 11 is 0. The number of hydrogen-bond acceptors (Lipinski definition) is 0. The van der Waals surface area contributed by atoms with E-state index in [0.29, 0.717) is 0 Å². The van der Waals surface area contributed by atoms with Gasteiger partial charge in [0.25, 0.3) is 0 Å². The molecule has 0 saturated carbocycles. The number of benzene rings is 2. The zero-order valence-electron chi connectivity index (χ0n) is 7.75. The summed E-state index contributed by atoms with van der Waals surface area (Å²) in [5, 5.41) is 4.86. The van der Waals surface area contributed by atoms with Gasteiger partial charge in [-0.2, -0.15) is 0 Å². The quantitative estimate of drug-likeness (QED) is 0.565. The topological polar surface area (TPSA) is 0 Å². The Balaban J connectivity index is 2.98. The summed E-state index contributed by atoms with van der Waals surface area (Å²) in [5.74, 6) is 0. The summed E-state index contributed by atoms with van der Waals surface area (Å²) < 4.78 is 0. The Bertz CT molecular complexity index is 535. The molecule has 2 aromatic rings. The van der Waals surface area contributed by atoms with Gasteiger partial charge in [-0.3, -0.25) is 0 Å². The van der Waals surface area contributed by atoms with Gasteiger partial charge in [0.1, 0.15) is 0 Å². The second-order valence-electron chi connectivity index (χ2n) is 3.19. The molecule has 0 aliphatic rings. The highest BCUT2D eigenvalue weighted by atomic mass is 13.9. The van der Waals surface area contributed by atoms with Crippen LogP contribution in [0.4, 0.5) is 0 Å². The van der Waals surface area contributed by atoms with Crippen molar-refractivity contribution in [1.82, 2.24) is 0 Å². The molecule has 0 aromatic heterocycles. The van der Waals surface area contributed by atoms with Crippen molar-refractivity contribution >= 4 is 23.4 Å². The zero-order chi connectivity index (χ0) is 9.26. The minimum atomic E-state index is 1.10. The average molecular weight is 168 g/mol. The molecule has 64 valence electrons. The van der Waals surface area contributed by atoms with Crippen molar-refractivity contribution in [1.29, 1.82) is 0 Å². The summed E-state index contributed by atoms with van der Waals surface area (Å²) in [4.78, 5) is 0. The molecule has 0 unspecified atom stereocenters. The summed E-state index contributed by atoms with van der Waals surface area (Å²) in [7, 11) is 0. The van der Waals surface area contributed by atoms with Gasteiger partial charge in [-0.05, 0) is 40.3 Å². The third-order valence-electron chi connectivity index (χ3n) is 2.32. The van der Waals surface area contributed by atoms with Crippen LogP contribution in [0.15, 0.2) is 36.4 Å². The van der Waals surface area contributed by atoms with Gasteiger partial charge >= 0.3 is 0 Å². The minimum absolute atomic E-state index is 1.10. The predicted octanol–water partition coefficient (Wildman–Crippen LogP) is 2.05. The van der Waals surface area contributed by atoms with Gasteiger partial charge in [0, 0.05) is 0 Å². The maximum absolute atomic E-state index is 4.01. The first-order chi connectivity index (χ1) is 6.31. The maximum atomic E-state index is 4.01. The minimum Gasteiger partial charge on any atom is -0.0911 e. The zero-order valence-corrected chi connectivity index (χ0v) is 7.75. The first-order valence-electron chi connectivity index (χ1n) is 4.45. The smallest absolute Gasteiger partial charge is 0.0178 e. The van der Waals surface area contributed by atoms with Crippen LogP contribution in [0.2, 0.25) is 0 Å². The lowest BCUT2D eigenvalue weighted by molar-refractivity contribution is 1.56. The van der Waals surface area contributed by atoms with Crippen LogP contribution in [0, 0.1) is 0 Å². The lowest BCUT2D eigenvalue weighted by Gasteiger charge is -1.96. The molecule has 0 heteroatoms. The molecule has 13 heavy (non-hydrogen) atoms. The maximum Gasteiger partial charge on any atom is -0.0178 e. The lowest BCUT2D eigenvalue weighted by atomic mass is 10.1. The molecule has 0 atom stereocenters. The van der Waals surface area contributed by atoms with Crippen molar-refractivity contribution in [2.24, 2.45) is 0 Å². The fourth-order valence-electron chi connectivity index (χ4n) is 1.57. The molecular formula is C13H12. The van der Waals surface area contributed by atoms with E-state index in [-0.39, 0.29) is 0 Å². The van der Waals surface area contributed by atoms with Gasteiger partial charge in [-0.15, -0.1) is 0 Å². The first-order valence-corrected chi connectivity index (χ1v) is 4.45. The Kier molecular flexibility index (Phi) is 1.90. The van der Waals surface area contributed by atoms with E-state index in [2.05, 4.69) is 49.1 Å². The summed E-state index contributed by atoms with van der Waals surface area (Å²) in [6, 6.07) is 12.7. The fraction of sp³-hybridized carbons (Fsp3) is 0.0769. The Labute approximate surface area is 77.8 Å². The lowest BCUT2D eigenvalue weighted by Crippen LogP contribution is -2.21. The molecule has 0 spiro atoms. The monoisotopic (exact) mass is 168 g/mol. The van der Waals surface area contributed by atoms with E-state index >= 15 is 0 Å². The van der Waals surface area contributed by atoms with Gasteiger partial charge in [-0.1, -0.05) is 36.9 Å². The summed E-state index contributed by atoms with van der Waals surface area (Å²) in [6.45, 7) is 6.05. The number of rotatable bonds is 0. The van der Waals surface area contributed by atoms with E-state index in [1.807, 2.05) is 6.92 Å². The highest BCUT2D eigenvalue weighted by Gasteiger charge is 1.90. The molecule has 0 heterocycles. The van der Waals surface area contributed by atoms with E-state index in [4.69, 9.17) is 0 Å². The molecule has 0 bridgehead atoms. The summed E-state index contributed by atoms with van der Waals surface area (Å²) in [6.07, 6.45) is 2.09. The van der Waals surface area contributed by atoms with Gasteiger partial charge in [0.05, 0.1) is 0 Å². The molecule has 0 radical (unpaired) electrons. The van der Waals surface area contributed by atoms with E-state index < -0.39 is 0 Å².